The summed E-state index contributed by atoms with van der Waals surface area (Å²) in [6, 6.07) is 16.3. The zero-order valence-electron chi connectivity index (χ0n) is 15.2. The van der Waals surface area contributed by atoms with E-state index in [-0.39, 0.29) is 11.6 Å². The van der Waals surface area contributed by atoms with E-state index in [9.17, 15) is 9.59 Å². The monoisotopic (exact) mass is 394 g/mol. The van der Waals surface area contributed by atoms with Crippen molar-refractivity contribution >= 4 is 40.9 Å². The Bertz CT molecular complexity index is 1010. The fraction of sp³-hybridized carbons (Fsp3) is 0.0952. The molecule has 3 rings (SSSR count). The molecule has 142 valence electrons. The highest BCUT2D eigenvalue weighted by Crippen LogP contribution is 2.18. The van der Waals surface area contributed by atoms with Crippen molar-refractivity contribution in [3.63, 3.8) is 0 Å². The van der Waals surface area contributed by atoms with E-state index in [4.69, 9.17) is 11.6 Å². The lowest BCUT2D eigenvalue weighted by Gasteiger charge is -2.05. The van der Waals surface area contributed by atoms with Gasteiger partial charge in [-0.15, -0.1) is 0 Å². The van der Waals surface area contributed by atoms with Crippen molar-refractivity contribution in [1.29, 1.82) is 0 Å². The van der Waals surface area contributed by atoms with Gasteiger partial charge in [0.1, 0.15) is 0 Å². The summed E-state index contributed by atoms with van der Waals surface area (Å²) in [5.74, 6) is -0.784. The first-order chi connectivity index (χ1) is 13.6. The Morgan fingerprint density at radius 1 is 1.07 bits per heavy atom. The Balaban J connectivity index is 1.76. The van der Waals surface area contributed by atoms with Crippen LogP contribution in [-0.4, -0.2) is 21.6 Å². The number of nitrogens with zero attached hydrogens (tertiary/aromatic N) is 2. The van der Waals surface area contributed by atoms with Gasteiger partial charge >= 0.3 is 0 Å². The number of hydrogen-bond donors (Lipinski definition) is 2. The largest absolute Gasteiger partial charge is 0.321 e. The van der Waals surface area contributed by atoms with Gasteiger partial charge in [0.05, 0.1) is 5.69 Å². The van der Waals surface area contributed by atoms with Crippen LogP contribution in [0.4, 0.5) is 11.4 Å². The van der Waals surface area contributed by atoms with Gasteiger partial charge in [-0.1, -0.05) is 48.0 Å². The lowest BCUT2D eigenvalue weighted by atomic mass is 10.2. The van der Waals surface area contributed by atoms with E-state index in [1.165, 1.54) is 6.08 Å². The van der Waals surface area contributed by atoms with Gasteiger partial charge < -0.3 is 10.6 Å². The maximum Gasteiger partial charge on any atom is 0.278 e. The van der Waals surface area contributed by atoms with Crippen molar-refractivity contribution in [3.05, 3.63) is 83.2 Å². The molecule has 2 N–H and O–H groups in total. The van der Waals surface area contributed by atoms with Crippen LogP contribution in [0.1, 0.15) is 23.0 Å². The minimum absolute atomic E-state index is 0.144. The Morgan fingerprint density at radius 3 is 2.50 bits per heavy atom. The average molecular weight is 395 g/mol. The average Bonchev–Trinajstić information content (AvgIpc) is 3.11. The van der Waals surface area contributed by atoms with Crippen LogP contribution in [0.15, 0.2) is 66.9 Å². The molecule has 0 unspecified atom stereocenters. The highest BCUT2D eigenvalue weighted by atomic mass is 35.5. The summed E-state index contributed by atoms with van der Waals surface area (Å²) in [5, 5.41) is 10.3. The Hall–Kier alpha value is -3.38. The van der Waals surface area contributed by atoms with Crippen LogP contribution in [-0.2, 0) is 11.3 Å². The molecule has 0 aliphatic heterocycles. The van der Waals surface area contributed by atoms with Gasteiger partial charge in [-0.25, -0.2) is 0 Å². The van der Waals surface area contributed by atoms with E-state index < -0.39 is 5.91 Å². The van der Waals surface area contributed by atoms with Gasteiger partial charge in [0, 0.05) is 29.5 Å². The number of aryl methyl sites for hydroxylation is 1. The third kappa shape index (κ3) is 4.86. The van der Waals surface area contributed by atoms with Gasteiger partial charge in [0.25, 0.3) is 5.91 Å². The maximum atomic E-state index is 12.6. The third-order valence-corrected chi connectivity index (χ3v) is 4.25. The molecule has 0 saturated carbocycles. The van der Waals surface area contributed by atoms with Crippen molar-refractivity contribution in [2.24, 2.45) is 0 Å². The summed E-state index contributed by atoms with van der Waals surface area (Å²) in [7, 11) is 0. The predicted octanol–water partition coefficient (Wildman–Crippen LogP) is 4.46. The highest BCUT2D eigenvalue weighted by molar-refractivity contribution is 6.32. The zero-order valence-corrected chi connectivity index (χ0v) is 16.0. The van der Waals surface area contributed by atoms with Crippen LogP contribution in [0, 0.1) is 0 Å². The van der Waals surface area contributed by atoms with Gasteiger partial charge in [0.15, 0.2) is 5.69 Å². The number of amides is 2. The number of para-hydroxylation sites is 1. The van der Waals surface area contributed by atoms with Crippen LogP contribution >= 0.6 is 11.6 Å². The lowest BCUT2D eigenvalue weighted by Crippen LogP contribution is -2.17. The normalized spacial score (nSPS) is 10.8. The molecule has 1 aromatic heterocycles. The molecular weight excluding hydrogens is 376 g/mol. The Morgan fingerprint density at radius 2 is 1.79 bits per heavy atom. The molecule has 2 amide bonds. The molecule has 0 spiro atoms. The molecule has 7 heteroatoms. The number of aromatic nitrogens is 2. The highest BCUT2D eigenvalue weighted by Gasteiger charge is 2.18. The molecule has 6 nitrogen and oxygen atoms in total. The molecule has 28 heavy (non-hydrogen) atoms. The summed E-state index contributed by atoms with van der Waals surface area (Å²) in [6.45, 7) is 2.46. The minimum atomic E-state index is -0.399. The van der Waals surface area contributed by atoms with Gasteiger partial charge in [-0.3, -0.25) is 14.3 Å². The molecule has 0 bridgehead atoms. The van der Waals surface area contributed by atoms with E-state index in [0.717, 1.165) is 5.56 Å². The summed E-state index contributed by atoms with van der Waals surface area (Å²) in [6.07, 6.45) is 4.61. The van der Waals surface area contributed by atoms with Crippen molar-refractivity contribution in [3.8, 4) is 0 Å². The molecule has 0 saturated heterocycles. The molecule has 0 aliphatic rings. The number of carbonyl (C=O) groups is 2. The van der Waals surface area contributed by atoms with Crippen molar-refractivity contribution in [1.82, 2.24) is 9.78 Å². The number of rotatable bonds is 6. The summed E-state index contributed by atoms with van der Waals surface area (Å²) >= 11 is 6.08. The SMILES string of the molecule is CCn1cc(NC(=O)/C=C/c2ccccc2Cl)c(C(=O)Nc2ccccc2)n1. The van der Waals surface area contributed by atoms with Gasteiger partial charge in [-0.05, 0) is 36.8 Å². The molecule has 0 radical (unpaired) electrons. The quantitative estimate of drug-likeness (QED) is 0.606. The van der Waals surface area contributed by atoms with Crippen molar-refractivity contribution in [2.75, 3.05) is 10.6 Å². The van der Waals surface area contributed by atoms with E-state index in [1.807, 2.05) is 37.3 Å². The van der Waals surface area contributed by atoms with Gasteiger partial charge in [-0.2, -0.15) is 5.10 Å². The molecule has 2 aromatic carbocycles. The van der Waals surface area contributed by atoms with E-state index in [2.05, 4.69) is 15.7 Å². The molecule has 3 aromatic rings. The predicted molar refractivity (Wildman–Crippen MR) is 111 cm³/mol. The number of benzene rings is 2. The third-order valence-electron chi connectivity index (χ3n) is 3.91. The first-order valence-corrected chi connectivity index (χ1v) is 9.12. The number of hydrogen-bond acceptors (Lipinski definition) is 3. The van der Waals surface area contributed by atoms with Crippen molar-refractivity contribution < 1.29 is 9.59 Å². The summed E-state index contributed by atoms with van der Waals surface area (Å²) < 4.78 is 1.59. The fourth-order valence-corrected chi connectivity index (χ4v) is 2.70. The summed E-state index contributed by atoms with van der Waals surface area (Å²) in [4.78, 5) is 24.9. The molecule has 0 aliphatic carbocycles. The Kier molecular flexibility index (Phi) is 6.24. The second kappa shape index (κ2) is 9.01. The first-order valence-electron chi connectivity index (χ1n) is 8.74. The number of anilines is 2. The van der Waals surface area contributed by atoms with E-state index >= 15 is 0 Å². The lowest BCUT2D eigenvalue weighted by molar-refractivity contribution is -0.111. The zero-order chi connectivity index (χ0) is 19.9. The number of carbonyl (C=O) groups excluding carboxylic acids is 2. The van der Waals surface area contributed by atoms with Crippen molar-refractivity contribution in [2.45, 2.75) is 13.5 Å². The minimum Gasteiger partial charge on any atom is -0.321 e. The second-order valence-corrected chi connectivity index (χ2v) is 6.32. The number of halogens is 1. The molecule has 0 atom stereocenters. The second-order valence-electron chi connectivity index (χ2n) is 5.91. The van der Waals surface area contributed by atoms with Crippen LogP contribution < -0.4 is 10.6 Å². The summed E-state index contributed by atoms with van der Waals surface area (Å²) in [5.41, 5.74) is 1.86. The molecular formula is C21H19ClN4O2. The first kappa shape index (κ1) is 19.4. The topological polar surface area (TPSA) is 76.0 Å². The smallest absolute Gasteiger partial charge is 0.278 e. The fourth-order valence-electron chi connectivity index (χ4n) is 2.50. The van der Waals surface area contributed by atoms with E-state index in [0.29, 0.717) is 22.9 Å². The van der Waals surface area contributed by atoms with Crippen LogP contribution in [0.3, 0.4) is 0 Å². The standard InChI is InChI=1S/C21H19ClN4O2/c1-2-26-14-18(20(25-26)21(28)23-16-9-4-3-5-10-16)24-19(27)13-12-15-8-6-7-11-17(15)22/h3-14H,2H2,1H3,(H,23,28)(H,24,27)/b13-12+. The van der Waals surface area contributed by atoms with Gasteiger partial charge in [0.2, 0.25) is 5.91 Å². The van der Waals surface area contributed by atoms with Crippen LogP contribution in [0.25, 0.3) is 6.08 Å². The van der Waals surface area contributed by atoms with Crippen LogP contribution in [0.2, 0.25) is 5.02 Å². The Labute approximate surface area is 167 Å². The van der Waals surface area contributed by atoms with E-state index in [1.54, 1.807) is 41.2 Å². The molecule has 1 heterocycles. The molecule has 0 fully saturated rings. The van der Waals surface area contributed by atoms with Crippen LogP contribution in [0.5, 0.6) is 0 Å². The maximum absolute atomic E-state index is 12.6. The number of nitrogens with one attached hydrogen (secondary N) is 2.